The molecule has 0 aromatic heterocycles. The van der Waals surface area contributed by atoms with Gasteiger partial charge >= 0.3 is 0 Å². The van der Waals surface area contributed by atoms with E-state index in [2.05, 4.69) is 41.5 Å². The lowest BCUT2D eigenvalue weighted by atomic mass is 9.89. The van der Waals surface area contributed by atoms with E-state index >= 15 is 0 Å². The molecule has 1 heterocycles. The van der Waals surface area contributed by atoms with Crippen molar-refractivity contribution in [1.82, 2.24) is 0 Å². The summed E-state index contributed by atoms with van der Waals surface area (Å²) in [5.74, 6) is 0.901. The van der Waals surface area contributed by atoms with Gasteiger partial charge in [-0.2, -0.15) is 0 Å². The first-order valence-electron chi connectivity index (χ1n) is 6.53. The molecule has 2 heteroatoms. The van der Waals surface area contributed by atoms with E-state index in [4.69, 9.17) is 9.47 Å². The molecule has 0 radical (unpaired) electrons. The summed E-state index contributed by atoms with van der Waals surface area (Å²) in [7, 11) is 0. The van der Waals surface area contributed by atoms with Gasteiger partial charge in [-0.15, -0.1) is 0 Å². The van der Waals surface area contributed by atoms with Crippen LogP contribution in [0.4, 0.5) is 0 Å². The van der Waals surface area contributed by atoms with E-state index in [-0.39, 0.29) is 11.2 Å². The van der Waals surface area contributed by atoms with Gasteiger partial charge in [0.25, 0.3) is 0 Å². The third kappa shape index (κ3) is 4.06. The van der Waals surface area contributed by atoms with Crippen molar-refractivity contribution in [3.05, 3.63) is 0 Å². The molecule has 0 atom stereocenters. The lowest BCUT2D eigenvalue weighted by Gasteiger charge is -2.45. The first-order valence-corrected chi connectivity index (χ1v) is 6.53. The van der Waals surface area contributed by atoms with Gasteiger partial charge in [-0.05, 0) is 11.8 Å². The van der Waals surface area contributed by atoms with Crippen LogP contribution in [-0.2, 0) is 9.47 Å². The smallest absolute Gasteiger partial charge is 0.168 e. The molecule has 1 rings (SSSR count). The van der Waals surface area contributed by atoms with Crippen molar-refractivity contribution in [2.24, 2.45) is 17.3 Å². The minimum absolute atomic E-state index is 0.164. The zero-order valence-corrected chi connectivity index (χ0v) is 11.8. The van der Waals surface area contributed by atoms with Crippen LogP contribution in [0.3, 0.4) is 0 Å². The van der Waals surface area contributed by atoms with Crippen LogP contribution in [0, 0.1) is 17.3 Å². The van der Waals surface area contributed by atoms with Gasteiger partial charge in [0.05, 0.1) is 13.2 Å². The molecule has 0 aliphatic carbocycles. The molecule has 0 amide bonds. The maximum Gasteiger partial charge on any atom is 0.168 e. The van der Waals surface area contributed by atoms with E-state index in [1.807, 2.05) is 0 Å². The summed E-state index contributed by atoms with van der Waals surface area (Å²) >= 11 is 0. The molecule has 1 aliphatic heterocycles. The number of rotatable bonds is 4. The Hall–Kier alpha value is -0.0800. The fourth-order valence-electron chi connectivity index (χ4n) is 2.30. The normalized spacial score (nSPS) is 24.0. The Morgan fingerprint density at radius 2 is 1.25 bits per heavy atom. The Morgan fingerprint density at radius 1 is 0.875 bits per heavy atom. The number of hydrogen-bond donors (Lipinski definition) is 0. The van der Waals surface area contributed by atoms with Gasteiger partial charge in [-0.25, -0.2) is 0 Å². The van der Waals surface area contributed by atoms with Gasteiger partial charge in [0.1, 0.15) is 0 Å². The second-order valence-corrected chi connectivity index (χ2v) is 6.85. The summed E-state index contributed by atoms with van der Waals surface area (Å²) in [5, 5.41) is 0. The maximum absolute atomic E-state index is 6.08. The molecule has 0 saturated carbocycles. The van der Waals surface area contributed by atoms with Crippen LogP contribution in [0.2, 0.25) is 0 Å². The van der Waals surface area contributed by atoms with Gasteiger partial charge in [0.2, 0.25) is 0 Å². The van der Waals surface area contributed by atoms with E-state index < -0.39 is 0 Å². The Bertz CT molecular complexity index is 197. The molecular formula is C14H28O2. The Labute approximate surface area is 101 Å². The molecule has 0 aromatic rings. The summed E-state index contributed by atoms with van der Waals surface area (Å²) < 4.78 is 12.2. The number of hydrogen-bond acceptors (Lipinski definition) is 2. The Morgan fingerprint density at radius 3 is 1.56 bits per heavy atom. The highest BCUT2D eigenvalue weighted by molar-refractivity contribution is 4.82. The summed E-state index contributed by atoms with van der Waals surface area (Å²) in [5.41, 5.74) is 0.164. The molecular weight excluding hydrogens is 200 g/mol. The van der Waals surface area contributed by atoms with Crippen LogP contribution in [0.5, 0.6) is 0 Å². The minimum atomic E-state index is -0.322. The van der Waals surface area contributed by atoms with Crippen LogP contribution in [0.25, 0.3) is 0 Å². The molecule has 0 aromatic carbocycles. The first-order chi connectivity index (χ1) is 7.25. The fraction of sp³-hybridized carbons (Fsp3) is 1.00. The fourth-order valence-corrected chi connectivity index (χ4v) is 2.30. The average Bonchev–Trinajstić information content (AvgIpc) is 2.09. The van der Waals surface area contributed by atoms with Crippen molar-refractivity contribution in [1.29, 1.82) is 0 Å². The standard InChI is InChI=1S/C14H28O2/c1-11(2)7-14(8-12(3)4)15-9-13(5,6)10-16-14/h11-12H,7-10H2,1-6H3. The molecule has 96 valence electrons. The van der Waals surface area contributed by atoms with Crippen LogP contribution in [0.1, 0.15) is 54.4 Å². The van der Waals surface area contributed by atoms with Crippen molar-refractivity contribution in [2.75, 3.05) is 13.2 Å². The predicted molar refractivity (Wildman–Crippen MR) is 67.3 cm³/mol. The van der Waals surface area contributed by atoms with Crippen LogP contribution >= 0.6 is 0 Å². The minimum Gasteiger partial charge on any atom is -0.349 e. The first kappa shape index (κ1) is 14.0. The predicted octanol–water partition coefficient (Wildman–Crippen LogP) is 3.85. The summed E-state index contributed by atoms with van der Waals surface area (Å²) in [4.78, 5) is 0. The lowest BCUT2D eigenvalue weighted by Crippen LogP contribution is -2.49. The average molecular weight is 228 g/mol. The third-order valence-corrected chi connectivity index (χ3v) is 2.89. The second kappa shape index (κ2) is 5.05. The maximum atomic E-state index is 6.08. The molecule has 0 spiro atoms. The highest BCUT2D eigenvalue weighted by Crippen LogP contribution is 2.37. The van der Waals surface area contributed by atoms with Gasteiger partial charge in [-0.3, -0.25) is 0 Å². The molecule has 1 saturated heterocycles. The Balaban J connectivity index is 2.66. The Kier molecular flexibility index (Phi) is 4.42. The highest BCUT2D eigenvalue weighted by atomic mass is 16.7. The van der Waals surface area contributed by atoms with Gasteiger partial charge < -0.3 is 9.47 Å². The summed E-state index contributed by atoms with van der Waals surface area (Å²) in [6, 6.07) is 0. The largest absolute Gasteiger partial charge is 0.349 e. The van der Waals surface area contributed by atoms with Crippen molar-refractivity contribution < 1.29 is 9.47 Å². The quantitative estimate of drug-likeness (QED) is 0.727. The van der Waals surface area contributed by atoms with Crippen LogP contribution < -0.4 is 0 Å². The van der Waals surface area contributed by atoms with Gasteiger partial charge in [0, 0.05) is 18.3 Å². The SMILES string of the molecule is CC(C)CC1(CC(C)C)OCC(C)(C)CO1. The van der Waals surface area contributed by atoms with Crippen molar-refractivity contribution >= 4 is 0 Å². The van der Waals surface area contributed by atoms with E-state index in [1.54, 1.807) is 0 Å². The molecule has 1 aliphatic rings. The molecule has 1 fully saturated rings. The molecule has 0 bridgehead atoms. The van der Waals surface area contributed by atoms with Crippen molar-refractivity contribution in [3.8, 4) is 0 Å². The highest BCUT2D eigenvalue weighted by Gasteiger charge is 2.41. The van der Waals surface area contributed by atoms with E-state index in [1.165, 1.54) is 0 Å². The summed E-state index contributed by atoms with van der Waals surface area (Å²) in [6.45, 7) is 14.9. The zero-order valence-electron chi connectivity index (χ0n) is 11.8. The number of ether oxygens (including phenoxy) is 2. The van der Waals surface area contributed by atoms with E-state index in [0.29, 0.717) is 11.8 Å². The van der Waals surface area contributed by atoms with Crippen molar-refractivity contribution in [3.63, 3.8) is 0 Å². The van der Waals surface area contributed by atoms with Gasteiger partial charge in [0.15, 0.2) is 5.79 Å². The van der Waals surface area contributed by atoms with Crippen LogP contribution in [-0.4, -0.2) is 19.0 Å². The second-order valence-electron chi connectivity index (χ2n) is 6.85. The summed E-state index contributed by atoms with van der Waals surface area (Å²) in [6.07, 6.45) is 2.00. The molecule has 2 nitrogen and oxygen atoms in total. The molecule has 16 heavy (non-hydrogen) atoms. The third-order valence-electron chi connectivity index (χ3n) is 2.89. The molecule has 0 N–H and O–H groups in total. The van der Waals surface area contributed by atoms with Crippen LogP contribution in [0.15, 0.2) is 0 Å². The van der Waals surface area contributed by atoms with E-state index in [0.717, 1.165) is 26.1 Å². The monoisotopic (exact) mass is 228 g/mol. The lowest BCUT2D eigenvalue weighted by molar-refractivity contribution is -0.311. The van der Waals surface area contributed by atoms with E-state index in [9.17, 15) is 0 Å². The zero-order chi connectivity index (χ0) is 12.4. The molecule has 0 unspecified atom stereocenters. The topological polar surface area (TPSA) is 18.5 Å². The van der Waals surface area contributed by atoms with Crippen molar-refractivity contribution in [2.45, 2.75) is 60.2 Å². The van der Waals surface area contributed by atoms with Gasteiger partial charge in [-0.1, -0.05) is 41.5 Å².